The van der Waals surface area contributed by atoms with Crippen molar-refractivity contribution in [2.24, 2.45) is 5.92 Å². The van der Waals surface area contributed by atoms with E-state index in [9.17, 15) is 18.0 Å². The largest absolute Gasteiger partial charge is 0.449 e. The number of rotatable bonds is 6. The number of nitrogens with one attached hydrogen (secondary N) is 1. The average molecular weight is 493 g/mol. The number of carbonyl (C=O) groups excluding carboxylic acids is 2. The molecule has 2 unspecified atom stereocenters. The molecule has 9 heteroatoms. The number of anilines is 1. The molecular weight excluding hydrogens is 464 g/mol. The normalized spacial score (nSPS) is 17.9. The van der Waals surface area contributed by atoms with Crippen molar-refractivity contribution in [1.82, 2.24) is 4.31 Å². The summed E-state index contributed by atoms with van der Waals surface area (Å²) in [6, 6.07) is 9.62. The molecule has 1 N–H and O–H groups in total. The van der Waals surface area contributed by atoms with Crippen LogP contribution in [0.4, 0.5) is 5.69 Å². The summed E-state index contributed by atoms with van der Waals surface area (Å²) < 4.78 is 33.0. The maximum atomic E-state index is 13.1. The molecule has 0 spiro atoms. The van der Waals surface area contributed by atoms with E-state index in [0.29, 0.717) is 18.8 Å². The van der Waals surface area contributed by atoms with Crippen molar-refractivity contribution >= 4 is 39.2 Å². The van der Waals surface area contributed by atoms with Crippen LogP contribution < -0.4 is 5.32 Å². The molecule has 0 saturated carbocycles. The van der Waals surface area contributed by atoms with Gasteiger partial charge in [0, 0.05) is 18.8 Å². The first-order valence-electron chi connectivity index (χ1n) is 10.9. The fourth-order valence-corrected chi connectivity index (χ4v) is 5.82. The quantitative estimate of drug-likeness (QED) is 0.596. The molecule has 1 aliphatic heterocycles. The zero-order chi connectivity index (χ0) is 24.3. The second kappa shape index (κ2) is 10.2. The Morgan fingerprint density at radius 3 is 2.61 bits per heavy atom. The first-order chi connectivity index (χ1) is 15.5. The lowest BCUT2D eigenvalue weighted by atomic mass is 10.0. The molecule has 2 aromatic rings. The molecule has 7 nitrogen and oxygen atoms in total. The molecule has 178 valence electrons. The van der Waals surface area contributed by atoms with Gasteiger partial charge in [0.25, 0.3) is 5.91 Å². The third-order valence-corrected chi connectivity index (χ3v) is 8.06. The first-order valence-corrected chi connectivity index (χ1v) is 12.7. The Labute approximate surface area is 200 Å². The SMILES string of the molecule is Cc1ccc(C)c(NC(=O)C(C)OC(=O)c2ccc(Cl)c(S(=O)(=O)N3CCCC(C)C3)c2)c1. The molecule has 3 rings (SSSR count). The smallest absolute Gasteiger partial charge is 0.338 e. The number of hydrogen-bond donors (Lipinski definition) is 1. The predicted molar refractivity (Wildman–Crippen MR) is 128 cm³/mol. The van der Waals surface area contributed by atoms with Gasteiger partial charge in [0.1, 0.15) is 4.90 Å². The van der Waals surface area contributed by atoms with E-state index in [1.54, 1.807) is 0 Å². The summed E-state index contributed by atoms with van der Waals surface area (Å²) in [5.41, 5.74) is 2.51. The lowest BCUT2D eigenvalue weighted by Gasteiger charge is -2.30. The fourth-order valence-electron chi connectivity index (χ4n) is 3.72. The molecule has 33 heavy (non-hydrogen) atoms. The first kappa shape index (κ1) is 25.2. The Hall–Kier alpha value is -2.42. The van der Waals surface area contributed by atoms with Crippen molar-refractivity contribution < 1.29 is 22.7 Å². The lowest BCUT2D eigenvalue weighted by Crippen LogP contribution is -2.39. The topological polar surface area (TPSA) is 92.8 Å². The second-order valence-corrected chi connectivity index (χ2v) is 10.9. The zero-order valence-electron chi connectivity index (χ0n) is 19.2. The van der Waals surface area contributed by atoms with E-state index in [1.807, 2.05) is 39.0 Å². The highest BCUT2D eigenvalue weighted by atomic mass is 35.5. The highest BCUT2D eigenvalue weighted by Crippen LogP contribution is 2.29. The van der Waals surface area contributed by atoms with Gasteiger partial charge in [-0.25, -0.2) is 13.2 Å². The molecule has 0 aliphatic carbocycles. The number of piperidine rings is 1. The van der Waals surface area contributed by atoms with E-state index < -0.39 is 28.0 Å². The summed E-state index contributed by atoms with van der Waals surface area (Å²) in [5.74, 6) is -1.04. The molecule has 1 saturated heterocycles. The van der Waals surface area contributed by atoms with Crippen molar-refractivity contribution in [1.29, 1.82) is 0 Å². The summed E-state index contributed by atoms with van der Waals surface area (Å²) in [6.45, 7) is 8.05. The number of halogens is 1. The Bertz CT molecular complexity index is 1170. The van der Waals surface area contributed by atoms with E-state index in [1.165, 1.54) is 29.4 Å². The standard InChI is InChI=1S/C24H29ClN2O5S/c1-15-7-8-17(3)21(12-15)26-23(28)18(4)32-24(29)19-9-10-20(25)22(13-19)33(30,31)27-11-5-6-16(2)14-27/h7-10,12-13,16,18H,5-6,11,14H2,1-4H3,(H,26,28). The van der Waals surface area contributed by atoms with Crippen LogP contribution in [-0.2, 0) is 19.6 Å². The van der Waals surface area contributed by atoms with Crippen molar-refractivity contribution in [3.8, 4) is 0 Å². The summed E-state index contributed by atoms with van der Waals surface area (Å²) in [6.07, 6.45) is 0.650. The molecule has 2 aromatic carbocycles. The Morgan fingerprint density at radius 1 is 1.18 bits per heavy atom. The molecule has 0 bridgehead atoms. The van der Waals surface area contributed by atoms with Crippen molar-refractivity contribution in [2.75, 3.05) is 18.4 Å². The number of nitrogens with zero attached hydrogens (tertiary/aromatic N) is 1. The number of esters is 1. The zero-order valence-corrected chi connectivity index (χ0v) is 20.8. The summed E-state index contributed by atoms with van der Waals surface area (Å²) in [5, 5.41) is 2.79. The van der Waals surface area contributed by atoms with Gasteiger partial charge in [-0.1, -0.05) is 30.7 Å². The molecule has 0 radical (unpaired) electrons. The minimum atomic E-state index is -3.86. The maximum absolute atomic E-state index is 13.1. The number of sulfonamides is 1. The number of hydrogen-bond acceptors (Lipinski definition) is 5. The summed E-state index contributed by atoms with van der Waals surface area (Å²) in [7, 11) is -3.86. The van der Waals surface area contributed by atoms with Crippen molar-refractivity contribution in [3.05, 3.63) is 58.1 Å². The maximum Gasteiger partial charge on any atom is 0.338 e. The van der Waals surface area contributed by atoms with Crippen LogP contribution in [0.2, 0.25) is 5.02 Å². The summed E-state index contributed by atoms with van der Waals surface area (Å²) >= 11 is 6.19. The van der Waals surface area contributed by atoms with Gasteiger partial charge in [0.05, 0.1) is 10.6 Å². The van der Waals surface area contributed by atoms with Gasteiger partial charge in [-0.05, 0) is 74.9 Å². The number of benzene rings is 2. The number of amides is 1. The molecule has 1 heterocycles. The third-order valence-electron chi connectivity index (χ3n) is 5.71. The Kier molecular flexibility index (Phi) is 7.82. The number of ether oxygens (including phenoxy) is 1. The van der Waals surface area contributed by atoms with Crippen LogP contribution in [0.1, 0.15) is 48.2 Å². The van der Waals surface area contributed by atoms with E-state index in [4.69, 9.17) is 16.3 Å². The van der Waals surface area contributed by atoms with Gasteiger partial charge in [-0.3, -0.25) is 4.79 Å². The van der Waals surface area contributed by atoms with Crippen LogP contribution in [0.3, 0.4) is 0 Å². The Morgan fingerprint density at radius 2 is 1.91 bits per heavy atom. The van der Waals surface area contributed by atoms with Gasteiger partial charge in [0.15, 0.2) is 6.10 Å². The molecule has 1 amide bonds. The van der Waals surface area contributed by atoms with Crippen LogP contribution >= 0.6 is 11.6 Å². The minimum absolute atomic E-state index is 0.00872. The van der Waals surface area contributed by atoms with Crippen LogP contribution in [0.15, 0.2) is 41.3 Å². The van der Waals surface area contributed by atoms with Gasteiger partial charge in [-0.15, -0.1) is 0 Å². The number of aryl methyl sites for hydroxylation is 2. The van der Waals surface area contributed by atoms with Crippen LogP contribution in [0.25, 0.3) is 0 Å². The average Bonchev–Trinajstić information content (AvgIpc) is 2.76. The van der Waals surface area contributed by atoms with Crippen LogP contribution in [-0.4, -0.2) is 43.8 Å². The van der Waals surface area contributed by atoms with E-state index in [2.05, 4.69) is 5.32 Å². The Balaban J connectivity index is 1.75. The van der Waals surface area contributed by atoms with E-state index in [-0.39, 0.29) is 21.4 Å². The second-order valence-electron chi connectivity index (χ2n) is 8.61. The third kappa shape index (κ3) is 5.93. The molecule has 1 aliphatic rings. The van der Waals surface area contributed by atoms with Gasteiger partial charge >= 0.3 is 5.97 Å². The van der Waals surface area contributed by atoms with Crippen molar-refractivity contribution in [2.45, 2.75) is 51.5 Å². The molecule has 1 fully saturated rings. The van der Waals surface area contributed by atoms with E-state index in [0.717, 1.165) is 24.0 Å². The highest BCUT2D eigenvalue weighted by Gasteiger charge is 2.31. The monoisotopic (exact) mass is 492 g/mol. The van der Waals surface area contributed by atoms with Crippen molar-refractivity contribution in [3.63, 3.8) is 0 Å². The van der Waals surface area contributed by atoms with E-state index >= 15 is 0 Å². The lowest BCUT2D eigenvalue weighted by molar-refractivity contribution is -0.123. The molecule has 0 aromatic heterocycles. The predicted octanol–water partition coefficient (Wildman–Crippen LogP) is 4.56. The fraction of sp³-hybridized carbons (Fsp3) is 0.417. The molecule has 2 atom stereocenters. The number of carbonyl (C=O) groups is 2. The van der Waals surface area contributed by atoms with Gasteiger partial charge in [-0.2, -0.15) is 4.31 Å². The van der Waals surface area contributed by atoms with Gasteiger partial charge < -0.3 is 10.1 Å². The van der Waals surface area contributed by atoms with Gasteiger partial charge in [0.2, 0.25) is 10.0 Å². The minimum Gasteiger partial charge on any atom is -0.449 e. The summed E-state index contributed by atoms with van der Waals surface area (Å²) in [4.78, 5) is 25.1. The highest BCUT2D eigenvalue weighted by molar-refractivity contribution is 7.89. The van der Waals surface area contributed by atoms with Crippen LogP contribution in [0, 0.1) is 19.8 Å². The van der Waals surface area contributed by atoms with Crippen LogP contribution in [0.5, 0.6) is 0 Å². The molecular formula is C24H29ClN2O5S.